The predicted octanol–water partition coefficient (Wildman–Crippen LogP) is 8.57. The van der Waals surface area contributed by atoms with E-state index in [0.717, 1.165) is 5.69 Å². The van der Waals surface area contributed by atoms with E-state index in [-0.39, 0.29) is 35.3 Å². The highest BCUT2D eigenvalue weighted by Crippen LogP contribution is 2.08. The Hall–Kier alpha value is -6.79. The van der Waals surface area contributed by atoms with Crippen LogP contribution in [-0.2, 0) is 28.6 Å². The number of carboxylic acid groups (broad SMARTS) is 1. The number of pyridine rings is 2. The van der Waals surface area contributed by atoms with Crippen LogP contribution in [0.25, 0.3) is 21.8 Å². The van der Waals surface area contributed by atoms with Gasteiger partial charge >= 0.3 is 24.1 Å². The van der Waals surface area contributed by atoms with Crippen LogP contribution in [0.4, 0.5) is 5.69 Å². The van der Waals surface area contributed by atoms with E-state index in [1.165, 1.54) is 18.7 Å². The molecule has 5 aromatic rings. The number of fused-ring (bicyclic) bond motifs is 2. The van der Waals surface area contributed by atoms with Crippen LogP contribution in [0.2, 0.25) is 0 Å². The summed E-state index contributed by atoms with van der Waals surface area (Å²) in [5, 5.41) is 9.59. The summed E-state index contributed by atoms with van der Waals surface area (Å²) in [6, 6.07) is 23.3. The van der Waals surface area contributed by atoms with Gasteiger partial charge in [0, 0.05) is 39.9 Å². The fourth-order valence-corrected chi connectivity index (χ4v) is 3.99. The molecular weight excluding hydrogens is 746 g/mol. The third kappa shape index (κ3) is 21.3. The molecule has 0 bridgehead atoms. The van der Waals surface area contributed by atoms with Gasteiger partial charge in [0.2, 0.25) is 10.9 Å². The number of aromatic amines is 2. The largest absolute Gasteiger partial charge is 0.501 e. The highest BCUT2D eigenvalue weighted by molar-refractivity contribution is 5.93. The van der Waals surface area contributed by atoms with Gasteiger partial charge in [-0.15, -0.1) is 0 Å². The van der Waals surface area contributed by atoms with Crippen molar-refractivity contribution >= 4 is 51.6 Å². The van der Waals surface area contributed by atoms with Gasteiger partial charge in [-0.25, -0.2) is 14.4 Å². The Labute approximate surface area is 340 Å². The van der Waals surface area contributed by atoms with Crippen LogP contribution in [0.15, 0.2) is 113 Å². The summed E-state index contributed by atoms with van der Waals surface area (Å²) >= 11 is 0. The molecule has 5 N–H and O–H groups in total. The van der Waals surface area contributed by atoms with Crippen molar-refractivity contribution < 1.29 is 43.3 Å². The number of para-hydroxylation sites is 3. The van der Waals surface area contributed by atoms with Gasteiger partial charge in [-0.1, -0.05) is 90.9 Å². The minimum atomic E-state index is -1.21. The van der Waals surface area contributed by atoms with Crippen molar-refractivity contribution in [3.8, 4) is 0 Å². The Morgan fingerprint density at radius 3 is 1.45 bits per heavy atom. The molecular formula is C44H59N3O11. The van der Waals surface area contributed by atoms with Crippen molar-refractivity contribution in [3.63, 3.8) is 0 Å². The van der Waals surface area contributed by atoms with E-state index in [2.05, 4.69) is 9.97 Å². The molecule has 0 saturated heterocycles. The molecule has 5 rings (SSSR count). The first-order valence-electron chi connectivity index (χ1n) is 18.9. The number of nitrogen functional groups attached to an aromatic ring is 1. The first kappa shape index (κ1) is 55.5. The number of hydrogen-bond donors (Lipinski definition) is 4. The molecule has 0 unspecified atom stereocenters. The number of nitrogens with one attached hydrogen (secondary N) is 2. The molecule has 3 aromatic carbocycles. The smallest absolute Gasteiger partial charge is 0.373 e. The fourth-order valence-electron chi connectivity index (χ4n) is 3.99. The molecule has 14 heteroatoms. The lowest BCUT2D eigenvalue weighted by Crippen LogP contribution is -2.17. The Kier molecular flexibility index (Phi) is 34.4. The number of aromatic carboxylic acids is 1. The number of aromatic nitrogens is 2. The topological polar surface area (TPSA) is 225 Å². The van der Waals surface area contributed by atoms with E-state index in [4.69, 9.17) is 34.6 Å². The van der Waals surface area contributed by atoms with Gasteiger partial charge in [-0.05, 0) is 63.6 Å². The second-order valence-corrected chi connectivity index (χ2v) is 9.85. The number of benzene rings is 3. The van der Waals surface area contributed by atoms with E-state index < -0.39 is 17.4 Å². The number of ether oxygens (including phenoxy) is 3. The van der Waals surface area contributed by atoms with Crippen molar-refractivity contribution in [1.29, 1.82) is 0 Å². The summed E-state index contributed by atoms with van der Waals surface area (Å²) < 4.78 is 14.6. The highest BCUT2D eigenvalue weighted by Gasteiger charge is 2.13. The normalized spacial score (nSPS) is 9.10. The number of carbonyl (C=O) groups excluding carboxylic acids is 4. The van der Waals surface area contributed by atoms with Gasteiger partial charge in [0.1, 0.15) is 11.1 Å². The Bertz CT molecular complexity index is 2070. The molecule has 0 spiro atoms. The van der Waals surface area contributed by atoms with Crippen LogP contribution in [0, 0.1) is 0 Å². The number of nitrogens with two attached hydrogens (primary N) is 1. The van der Waals surface area contributed by atoms with E-state index in [1.54, 1.807) is 56.3 Å². The summed E-state index contributed by atoms with van der Waals surface area (Å²) in [6.07, 6.45) is 4.96. The lowest BCUT2D eigenvalue weighted by molar-refractivity contribution is -0.191. The van der Waals surface area contributed by atoms with Gasteiger partial charge < -0.3 is 35.0 Å². The number of esters is 2. The summed E-state index contributed by atoms with van der Waals surface area (Å²) in [5.74, 6) is -2.08. The lowest BCUT2D eigenvalue weighted by atomic mass is 10.1. The molecule has 0 atom stereocenters. The minimum Gasteiger partial charge on any atom is -0.501 e. The summed E-state index contributed by atoms with van der Waals surface area (Å²) in [5.41, 5.74) is 7.17. The maximum atomic E-state index is 11.9. The summed E-state index contributed by atoms with van der Waals surface area (Å²) in [6.45, 7) is 20.5. The number of carboxylic acids is 1. The maximum absolute atomic E-state index is 11.9. The Morgan fingerprint density at radius 2 is 1.07 bits per heavy atom. The van der Waals surface area contributed by atoms with Crippen LogP contribution in [-0.4, -0.2) is 59.0 Å². The quantitative estimate of drug-likeness (QED) is 0.0501. The van der Waals surface area contributed by atoms with E-state index in [1.807, 2.05) is 91.8 Å². The van der Waals surface area contributed by atoms with Gasteiger partial charge in [-0.2, -0.15) is 9.59 Å². The maximum Gasteiger partial charge on any atom is 0.373 e. The second-order valence-electron chi connectivity index (χ2n) is 9.85. The van der Waals surface area contributed by atoms with E-state index >= 15 is 0 Å². The first-order chi connectivity index (χ1) is 28.0. The van der Waals surface area contributed by atoms with Gasteiger partial charge in [0.05, 0.1) is 31.7 Å². The molecule has 2 heterocycles. The van der Waals surface area contributed by atoms with Crippen molar-refractivity contribution in [2.24, 2.45) is 0 Å². The number of anilines is 1. The average molecular weight is 806 g/mol. The van der Waals surface area contributed by atoms with Crippen molar-refractivity contribution in [3.05, 3.63) is 135 Å². The van der Waals surface area contributed by atoms with Gasteiger partial charge in [0.25, 0.3) is 0 Å². The molecule has 0 amide bonds. The molecule has 0 aliphatic heterocycles. The SMILES string of the molecule is CC.CC.CC.CCO/C=C(/CC)C(=O)OCC.CCOC(=O)c1c[nH]c2ccccc2c1=O.Nc1ccccc1.O=C(O)c1c[nH]c2ccccc2c1=O.O=C=O. The Balaban J connectivity index is -0.000000667. The van der Waals surface area contributed by atoms with Crippen LogP contribution < -0.4 is 16.6 Å². The number of H-pyrrole nitrogens is 2. The van der Waals surface area contributed by atoms with E-state index in [9.17, 15) is 24.0 Å². The third-order valence-electron chi connectivity index (χ3n) is 6.41. The molecule has 0 aliphatic carbocycles. The second kappa shape index (κ2) is 35.9. The molecule has 2 aromatic heterocycles. The van der Waals surface area contributed by atoms with Crippen LogP contribution in [0.1, 0.15) is 96.4 Å². The lowest BCUT2D eigenvalue weighted by Gasteiger charge is -2.03. The van der Waals surface area contributed by atoms with Crippen molar-refractivity contribution in [2.45, 2.75) is 75.7 Å². The standard InChI is InChI=1S/C12H11NO3.C10H7NO3.C9H16O3.C6H7N.3C2H6.CO2/c1-2-16-12(15)9-7-13-10-6-4-3-5-8(10)11(9)14;12-9-6-3-1-2-4-8(6)11-5-7(9)10(13)14;1-4-8(7-11-5-2)9(10)12-6-3;7-6-4-2-1-3-5-6;3*1-2;2-1-3/h3-7H,2H2,1H3,(H,13,14);1-5H,(H,11,12)(H,13,14);7H,4-6H2,1-3H3;1-5H,7H2;3*1-2H3;/b;;8-7-;;;;;. The molecule has 0 aliphatic rings. The summed E-state index contributed by atoms with van der Waals surface area (Å²) in [4.78, 5) is 78.6. The van der Waals surface area contributed by atoms with E-state index in [0.29, 0.717) is 47.0 Å². The van der Waals surface area contributed by atoms with Gasteiger partial charge in [-0.3, -0.25) is 9.59 Å². The van der Waals surface area contributed by atoms with Crippen molar-refractivity contribution in [2.75, 3.05) is 25.6 Å². The third-order valence-corrected chi connectivity index (χ3v) is 6.41. The monoisotopic (exact) mass is 805 g/mol. The zero-order chi connectivity index (χ0) is 44.9. The van der Waals surface area contributed by atoms with Crippen LogP contribution in [0.5, 0.6) is 0 Å². The molecule has 0 saturated carbocycles. The predicted molar refractivity (Wildman–Crippen MR) is 229 cm³/mol. The number of rotatable bonds is 8. The van der Waals surface area contributed by atoms with Crippen LogP contribution in [0.3, 0.4) is 0 Å². The van der Waals surface area contributed by atoms with Crippen molar-refractivity contribution in [1.82, 2.24) is 9.97 Å². The highest BCUT2D eigenvalue weighted by atomic mass is 16.5. The number of carbonyl (C=O) groups is 3. The summed E-state index contributed by atoms with van der Waals surface area (Å²) in [7, 11) is 0. The minimum absolute atomic E-state index is 0.0422. The first-order valence-corrected chi connectivity index (χ1v) is 18.9. The zero-order valence-corrected chi connectivity index (χ0v) is 35.2. The fraction of sp³-hybridized carbons (Fsp3) is 0.318. The molecule has 0 radical (unpaired) electrons. The molecule has 316 valence electrons. The van der Waals surface area contributed by atoms with Gasteiger partial charge in [0.15, 0.2) is 0 Å². The molecule has 14 nitrogen and oxygen atoms in total. The van der Waals surface area contributed by atoms with Crippen LogP contribution >= 0.6 is 0 Å². The molecule has 0 fully saturated rings. The zero-order valence-electron chi connectivity index (χ0n) is 35.2. The average Bonchev–Trinajstić information content (AvgIpc) is 3.25. The Morgan fingerprint density at radius 1 is 0.655 bits per heavy atom. The molecule has 58 heavy (non-hydrogen) atoms. The number of hydrogen-bond acceptors (Lipinski definition) is 11.